The molecule has 4 rings (SSSR count). The number of nitrogens with zero attached hydrogens (tertiary/aromatic N) is 2. The molecule has 0 saturated carbocycles. The maximum Gasteiger partial charge on any atom is 0.341 e. The summed E-state index contributed by atoms with van der Waals surface area (Å²) in [7, 11) is 0. The van der Waals surface area contributed by atoms with Crippen molar-refractivity contribution in [3.8, 4) is 0 Å². The summed E-state index contributed by atoms with van der Waals surface area (Å²) >= 11 is 2.92. The number of aryl methyl sites for hydroxylation is 3. The molecule has 3 aromatic rings. The molecule has 1 amide bonds. The van der Waals surface area contributed by atoms with Gasteiger partial charge in [-0.3, -0.25) is 14.2 Å². The number of ether oxygens (including phenoxy) is 1. The normalized spacial score (nSPS) is 12.9. The van der Waals surface area contributed by atoms with Crippen LogP contribution in [0.25, 0.3) is 10.2 Å². The van der Waals surface area contributed by atoms with Gasteiger partial charge in [0.15, 0.2) is 0 Å². The Morgan fingerprint density at radius 1 is 1.27 bits per heavy atom. The van der Waals surface area contributed by atoms with Crippen LogP contribution in [0, 0.1) is 6.92 Å². The molecule has 0 aliphatic heterocycles. The smallest absolute Gasteiger partial charge is 0.341 e. The molecule has 1 N–H and O–H groups in total. The number of aromatic nitrogens is 2. The number of esters is 1. The van der Waals surface area contributed by atoms with Crippen molar-refractivity contribution in [2.24, 2.45) is 0 Å². The summed E-state index contributed by atoms with van der Waals surface area (Å²) in [5.41, 5.74) is 2.19. The minimum atomic E-state index is -0.442. The molecular formula is C21H23N3O4S2. The van der Waals surface area contributed by atoms with E-state index in [1.54, 1.807) is 18.3 Å². The summed E-state index contributed by atoms with van der Waals surface area (Å²) in [5.74, 6) is -0.817. The first-order valence-corrected chi connectivity index (χ1v) is 11.7. The Morgan fingerprint density at radius 3 is 2.80 bits per heavy atom. The van der Waals surface area contributed by atoms with E-state index in [4.69, 9.17) is 4.74 Å². The van der Waals surface area contributed by atoms with Crippen LogP contribution in [0.4, 0.5) is 5.00 Å². The lowest BCUT2D eigenvalue weighted by Gasteiger charge is -2.09. The maximum absolute atomic E-state index is 13.0. The molecule has 0 bridgehead atoms. The van der Waals surface area contributed by atoms with E-state index in [2.05, 4.69) is 10.3 Å². The molecule has 0 atom stereocenters. The lowest BCUT2D eigenvalue weighted by molar-refractivity contribution is -0.116. The van der Waals surface area contributed by atoms with Crippen LogP contribution in [0.15, 0.2) is 11.1 Å². The third-order valence-corrected chi connectivity index (χ3v) is 7.56. The van der Waals surface area contributed by atoms with Crippen molar-refractivity contribution in [3.63, 3.8) is 0 Å². The SMILES string of the molecule is CCOC(=O)c1c(NC(=O)Cn2cnc3sc4c(c3c2=O)CCC4)sc(C)c1CC. The summed E-state index contributed by atoms with van der Waals surface area (Å²) in [6.07, 6.45) is 5.03. The Kier molecular flexibility index (Phi) is 5.75. The monoisotopic (exact) mass is 445 g/mol. The number of anilines is 1. The van der Waals surface area contributed by atoms with Gasteiger partial charge in [0.2, 0.25) is 5.91 Å². The largest absolute Gasteiger partial charge is 0.462 e. The van der Waals surface area contributed by atoms with Gasteiger partial charge in [-0.25, -0.2) is 9.78 Å². The van der Waals surface area contributed by atoms with Crippen molar-refractivity contribution in [1.29, 1.82) is 0 Å². The number of nitrogens with one attached hydrogen (secondary N) is 1. The van der Waals surface area contributed by atoms with Crippen LogP contribution in [0.5, 0.6) is 0 Å². The molecule has 3 heterocycles. The summed E-state index contributed by atoms with van der Waals surface area (Å²) in [4.78, 5) is 45.5. The first-order chi connectivity index (χ1) is 14.4. The van der Waals surface area contributed by atoms with Crippen molar-refractivity contribution in [2.45, 2.75) is 53.0 Å². The number of thiophene rings is 2. The Morgan fingerprint density at radius 2 is 2.07 bits per heavy atom. The van der Waals surface area contributed by atoms with E-state index >= 15 is 0 Å². The number of hydrogen-bond acceptors (Lipinski definition) is 7. The van der Waals surface area contributed by atoms with E-state index in [0.717, 1.165) is 40.1 Å². The summed E-state index contributed by atoms with van der Waals surface area (Å²) in [6, 6.07) is 0. The van der Waals surface area contributed by atoms with Crippen LogP contribution in [0.2, 0.25) is 0 Å². The average Bonchev–Trinajstić information content (AvgIpc) is 3.36. The number of rotatable bonds is 6. The van der Waals surface area contributed by atoms with E-state index in [0.29, 0.717) is 22.4 Å². The van der Waals surface area contributed by atoms with Gasteiger partial charge in [0.05, 0.1) is 23.9 Å². The molecule has 0 aromatic carbocycles. The van der Waals surface area contributed by atoms with Gasteiger partial charge >= 0.3 is 5.97 Å². The fraction of sp³-hybridized carbons (Fsp3) is 0.429. The van der Waals surface area contributed by atoms with E-state index in [9.17, 15) is 14.4 Å². The second-order valence-corrected chi connectivity index (χ2v) is 9.49. The topological polar surface area (TPSA) is 90.3 Å². The molecule has 0 unspecified atom stereocenters. The van der Waals surface area contributed by atoms with E-state index < -0.39 is 5.97 Å². The van der Waals surface area contributed by atoms with Crippen molar-refractivity contribution in [3.05, 3.63) is 43.1 Å². The number of carbonyl (C=O) groups is 2. The lowest BCUT2D eigenvalue weighted by atomic mass is 10.1. The van der Waals surface area contributed by atoms with Crippen LogP contribution >= 0.6 is 22.7 Å². The average molecular weight is 446 g/mol. The first kappa shape index (κ1) is 20.7. The first-order valence-electron chi connectivity index (χ1n) is 10.0. The number of amides is 1. The van der Waals surface area contributed by atoms with Gasteiger partial charge in [-0.15, -0.1) is 22.7 Å². The second kappa shape index (κ2) is 8.31. The summed E-state index contributed by atoms with van der Waals surface area (Å²) in [5, 5.41) is 3.92. The molecule has 158 valence electrons. The Labute approximate surface area is 181 Å². The molecule has 0 spiro atoms. The van der Waals surface area contributed by atoms with Crippen LogP contribution in [0.3, 0.4) is 0 Å². The molecule has 3 aromatic heterocycles. The fourth-order valence-electron chi connectivity index (χ4n) is 3.96. The Hall–Kier alpha value is -2.52. The summed E-state index contributed by atoms with van der Waals surface area (Å²) < 4.78 is 6.52. The van der Waals surface area contributed by atoms with Crippen LogP contribution in [0.1, 0.15) is 51.5 Å². The number of hydrogen-bond donors (Lipinski definition) is 1. The Balaban J connectivity index is 1.61. The van der Waals surface area contributed by atoms with Crippen molar-refractivity contribution in [1.82, 2.24) is 9.55 Å². The molecule has 9 heteroatoms. The van der Waals surface area contributed by atoms with Crippen molar-refractivity contribution < 1.29 is 14.3 Å². The second-order valence-electron chi connectivity index (χ2n) is 7.18. The van der Waals surface area contributed by atoms with Gasteiger partial charge in [-0.1, -0.05) is 6.92 Å². The lowest BCUT2D eigenvalue weighted by Crippen LogP contribution is -2.28. The molecule has 0 saturated heterocycles. The van der Waals surface area contributed by atoms with E-state index in [1.807, 2.05) is 13.8 Å². The third kappa shape index (κ3) is 3.56. The predicted molar refractivity (Wildman–Crippen MR) is 119 cm³/mol. The van der Waals surface area contributed by atoms with Gasteiger partial charge in [-0.05, 0) is 50.7 Å². The van der Waals surface area contributed by atoms with Gasteiger partial charge in [0, 0.05) is 9.75 Å². The van der Waals surface area contributed by atoms with Gasteiger partial charge in [-0.2, -0.15) is 0 Å². The number of carbonyl (C=O) groups excluding carboxylic acids is 2. The quantitative estimate of drug-likeness (QED) is 0.585. The molecule has 1 aliphatic carbocycles. The minimum absolute atomic E-state index is 0.160. The van der Waals surface area contributed by atoms with Gasteiger partial charge in [0.1, 0.15) is 16.4 Å². The highest BCUT2D eigenvalue weighted by molar-refractivity contribution is 7.18. The molecule has 30 heavy (non-hydrogen) atoms. The highest BCUT2D eigenvalue weighted by atomic mass is 32.1. The van der Waals surface area contributed by atoms with E-state index in [1.165, 1.54) is 27.1 Å². The van der Waals surface area contributed by atoms with Crippen LogP contribution in [-0.2, 0) is 35.3 Å². The zero-order chi connectivity index (χ0) is 21.4. The predicted octanol–water partition coefficient (Wildman–Crippen LogP) is 3.69. The van der Waals surface area contributed by atoms with Gasteiger partial charge < -0.3 is 10.1 Å². The Bertz CT molecular complexity index is 1210. The highest BCUT2D eigenvalue weighted by Gasteiger charge is 2.25. The zero-order valence-corrected chi connectivity index (χ0v) is 18.8. The third-order valence-electron chi connectivity index (χ3n) is 5.30. The van der Waals surface area contributed by atoms with Crippen molar-refractivity contribution >= 4 is 49.8 Å². The van der Waals surface area contributed by atoms with E-state index in [-0.39, 0.29) is 24.6 Å². The van der Waals surface area contributed by atoms with Gasteiger partial charge in [0.25, 0.3) is 5.56 Å². The molecule has 7 nitrogen and oxygen atoms in total. The molecule has 0 fully saturated rings. The number of fused-ring (bicyclic) bond motifs is 3. The molecular weight excluding hydrogens is 422 g/mol. The van der Waals surface area contributed by atoms with Crippen LogP contribution < -0.4 is 10.9 Å². The minimum Gasteiger partial charge on any atom is -0.462 e. The zero-order valence-electron chi connectivity index (χ0n) is 17.2. The standard InChI is InChI=1S/C21H23N3O4S2/c1-4-12-11(3)29-19(17(12)21(27)28-5-2)23-15(25)9-24-10-22-18-16(20(24)26)13-7-6-8-14(13)30-18/h10H,4-9H2,1-3H3,(H,23,25). The summed E-state index contributed by atoms with van der Waals surface area (Å²) in [6.45, 7) is 5.73. The molecule has 0 radical (unpaired) electrons. The van der Waals surface area contributed by atoms with Crippen molar-refractivity contribution in [2.75, 3.05) is 11.9 Å². The molecule has 1 aliphatic rings. The maximum atomic E-state index is 13.0. The fourth-order valence-corrected chi connectivity index (χ4v) is 6.33. The van der Waals surface area contributed by atoms with Crippen LogP contribution in [-0.4, -0.2) is 28.0 Å². The highest BCUT2D eigenvalue weighted by Crippen LogP contribution is 2.35.